The topological polar surface area (TPSA) is 108 Å². The molecular weight excluding hydrogens is 617 g/mol. The van der Waals surface area contributed by atoms with Gasteiger partial charge in [-0.3, -0.25) is 0 Å². The smallest absolute Gasteiger partial charge is 0.410 e. The molecule has 48 heavy (non-hydrogen) atoms. The first kappa shape index (κ1) is 35.0. The molecule has 0 spiro atoms. The molecule has 1 saturated heterocycles. The minimum absolute atomic E-state index is 0.0571. The number of nitrogens with zero attached hydrogens (tertiary/aromatic N) is 5. The summed E-state index contributed by atoms with van der Waals surface area (Å²) in [4.78, 5) is 23.2. The molecule has 1 aliphatic rings. The summed E-state index contributed by atoms with van der Waals surface area (Å²) >= 11 is 0. The van der Waals surface area contributed by atoms with Crippen LogP contribution in [0, 0.1) is 11.5 Å². The van der Waals surface area contributed by atoms with Crippen molar-refractivity contribution in [3.63, 3.8) is 0 Å². The first-order chi connectivity index (χ1) is 22.7. The number of hydrogen-bond donors (Lipinski definition) is 1. The molecule has 2 N–H and O–H groups in total. The number of piperidine rings is 1. The number of likely N-dealkylation sites (tertiary alicyclic amines) is 1. The standard InChI is InChI=1S/C38H50N6O3Si/c1-25(2)48(26(3)4,27(5)6)22-19-28-11-10-12-32(23-28)46-31-15-13-29(14-16-31)34-33-35(39)40-24-41-36(33)44(42-34)30-17-20-43(21-18-30)37(45)47-38(7,8)9/h10-16,23-27,30H,17-18,20-21H2,1-9H3,(H2,39,40,41). The van der Waals surface area contributed by atoms with Crippen LogP contribution in [0.15, 0.2) is 54.9 Å². The van der Waals surface area contributed by atoms with Gasteiger partial charge in [-0.15, -0.1) is 5.54 Å². The SMILES string of the molecule is CC(C)[Si](C#Cc1cccc(Oc2ccc(-c3nn(C4CCN(C(=O)OC(C)(C)C)CC4)c4ncnc(N)c34)cc2)c1)(C(C)C)C(C)C. The molecule has 2 aromatic carbocycles. The quantitative estimate of drug-likeness (QED) is 0.155. The Kier molecular flexibility index (Phi) is 10.2. The largest absolute Gasteiger partial charge is 0.457 e. The summed E-state index contributed by atoms with van der Waals surface area (Å²) in [5.74, 6) is 5.36. The zero-order valence-electron chi connectivity index (χ0n) is 29.9. The number of aromatic nitrogens is 4. The van der Waals surface area contributed by atoms with Crippen LogP contribution in [0.4, 0.5) is 10.6 Å². The third-order valence-electron chi connectivity index (χ3n) is 9.47. The first-order valence-electron chi connectivity index (χ1n) is 17.1. The van der Waals surface area contributed by atoms with Gasteiger partial charge in [0.1, 0.15) is 43.0 Å². The molecule has 3 heterocycles. The average molecular weight is 667 g/mol. The number of anilines is 1. The summed E-state index contributed by atoms with van der Waals surface area (Å²) < 4.78 is 13.8. The predicted molar refractivity (Wildman–Crippen MR) is 196 cm³/mol. The third-order valence-corrected chi connectivity index (χ3v) is 15.8. The lowest BCUT2D eigenvalue weighted by molar-refractivity contribution is 0.0186. The summed E-state index contributed by atoms with van der Waals surface area (Å²) in [5.41, 5.74) is 14.7. The van der Waals surface area contributed by atoms with Gasteiger partial charge in [-0.25, -0.2) is 19.4 Å². The second kappa shape index (κ2) is 14.0. The molecule has 0 bridgehead atoms. The molecule has 0 radical (unpaired) electrons. The highest BCUT2D eigenvalue weighted by atomic mass is 28.3. The molecule has 4 aromatic rings. The van der Waals surface area contributed by atoms with E-state index in [0.29, 0.717) is 46.9 Å². The van der Waals surface area contributed by atoms with Crippen molar-refractivity contribution in [1.82, 2.24) is 24.6 Å². The summed E-state index contributed by atoms with van der Waals surface area (Å²) in [6.07, 6.45) is 2.64. The summed E-state index contributed by atoms with van der Waals surface area (Å²) in [6.45, 7) is 20.8. The van der Waals surface area contributed by atoms with E-state index in [1.807, 2.05) is 67.9 Å². The van der Waals surface area contributed by atoms with Crippen LogP contribution < -0.4 is 10.5 Å². The number of carbonyl (C=O) groups excluding carboxylic acids is 1. The Labute approximate surface area is 286 Å². The number of ether oxygens (including phenoxy) is 2. The fourth-order valence-electron chi connectivity index (χ4n) is 7.14. The molecule has 254 valence electrons. The molecule has 10 heteroatoms. The number of hydrogen-bond acceptors (Lipinski definition) is 7. The van der Waals surface area contributed by atoms with Crippen molar-refractivity contribution in [3.8, 4) is 34.2 Å². The van der Waals surface area contributed by atoms with Crippen LogP contribution in [0.5, 0.6) is 11.5 Å². The molecular formula is C38H50N6O3Si. The van der Waals surface area contributed by atoms with Gasteiger partial charge in [0.05, 0.1) is 11.4 Å². The molecule has 0 aliphatic carbocycles. The highest BCUT2D eigenvalue weighted by Gasteiger charge is 2.41. The number of rotatable bonds is 7. The van der Waals surface area contributed by atoms with Gasteiger partial charge < -0.3 is 20.1 Å². The van der Waals surface area contributed by atoms with E-state index in [9.17, 15) is 4.79 Å². The summed E-state index contributed by atoms with van der Waals surface area (Å²) in [5, 5.41) is 5.74. The maximum atomic E-state index is 12.6. The Balaban J connectivity index is 1.35. The van der Waals surface area contributed by atoms with Crippen molar-refractivity contribution in [2.45, 2.75) is 103 Å². The van der Waals surface area contributed by atoms with Crippen LogP contribution in [0.25, 0.3) is 22.3 Å². The van der Waals surface area contributed by atoms with E-state index in [2.05, 4.69) is 69.0 Å². The highest BCUT2D eigenvalue weighted by molar-refractivity contribution is 6.90. The van der Waals surface area contributed by atoms with Crippen LogP contribution in [-0.4, -0.2) is 57.5 Å². The summed E-state index contributed by atoms with van der Waals surface area (Å²) in [7, 11) is -1.84. The van der Waals surface area contributed by atoms with Crippen molar-refractivity contribution in [1.29, 1.82) is 0 Å². The van der Waals surface area contributed by atoms with Gasteiger partial charge in [-0.2, -0.15) is 5.10 Å². The lowest BCUT2D eigenvalue weighted by atomic mass is 10.1. The molecule has 1 amide bonds. The molecule has 2 aromatic heterocycles. The van der Waals surface area contributed by atoms with Crippen molar-refractivity contribution in [3.05, 3.63) is 60.4 Å². The molecule has 9 nitrogen and oxygen atoms in total. The zero-order chi connectivity index (χ0) is 34.8. The molecule has 0 atom stereocenters. The van der Waals surface area contributed by atoms with Crippen LogP contribution in [0.1, 0.15) is 86.8 Å². The van der Waals surface area contributed by atoms with E-state index in [-0.39, 0.29) is 12.1 Å². The van der Waals surface area contributed by atoms with Crippen LogP contribution in [-0.2, 0) is 4.74 Å². The Morgan fingerprint density at radius 1 is 0.938 bits per heavy atom. The van der Waals surface area contributed by atoms with Crippen LogP contribution >= 0.6 is 0 Å². The van der Waals surface area contributed by atoms with E-state index in [4.69, 9.17) is 20.3 Å². The van der Waals surface area contributed by atoms with E-state index < -0.39 is 13.7 Å². The van der Waals surface area contributed by atoms with Crippen molar-refractivity contribution >= 4 is 31.0 Å². The third kappa shape index (κ3) is 7.36. The number of fused-ring (bicyclic) bond motifs is 1. The fourth-order valence-corrected chi connectivity index (χ4v) is 12.4. The first-order valence-corrected chi connectivity index (χ1v) is 19.3. The van der Waals surface area contributed by atoms with Crippen molar-refractivity contribution < 1.29 is 14.3 Å². The monoisotopic (exact) mass is 666 g/mol. The lowest BCUT2D eigenvalue weighted by Crippen LogP contribution is -2.43. The number of benzene rings is 2. The predicted octanol–water partition coefficient (Wildman–Crippen LogP) is 9.01. The Morgan fingerprint density at radius 2 is 1.58 bits per heavy atom. The van der Waals surface area contributed by atoms with Gasteiger partial charge in [0.2, 0.25) is 0 Å². The number of carbonyl (C=O) groups is 1. The minimum Gasteiger partial charge on any atom is -0.457 e. The van der Waals surface area contributed by atoms with Gasteiger partial charge in [0.25, 0.3) is 0 Å². The van der Waals surface area contributed by atoms with E-state index in [1.165, 1.54) is 6.33 Å². The summed E-state index contributed by atoms with van der Waals surface area (Å²) in [6, 6.07) is 15.9. The lowest BCUT2D eigenvalue weighted by Gasteiger charge is -2.38. The average Bonchev–Trinajstić information content (AvgIpc) is 3.42. The van der Waals surface area contributed by atoms with Gasteiger partial charge in [-0.1, -0.05) is 53.5 Å². The van der Waals surface area contributed by atoms with E-state index >= 15 is 0 Å². The molecule has 5 rings (SSSR count). The van der Waals surface area contributed by atoms with Gasteiger partial charge in [0, 0.05) is 24.2 Å². The fraction of sp³-hybridized carbons (Fsp3) is 0.474. The van der Waals surface area contributed by atoms with Gasteiger partial charge >= 0.3 is 6.09 Å². The normalized spacial score (nSPS) is 14.5. The molecule has 0 unspecified atom stereocenters. The van der Waals surface area contributed by atoms with E-state index in [1.54, 1.807) is 4.90 Å². The van der Waals surface area contributed by atoms with Crippen LogP contribution in [0.3, 0.4) is 0 Å². The number of nitrogens with two attached hydrogens (primary N) is 1. The minimum atomic E-state index is -1.84. The zero-order valence-corrected chi connectivity index (χ0v) is 30.9. The number of nitrogen functional groups attached to an aromatic ring is 1. The molecule has 1 aliphatic heterocycles. The van der Waals surface area contributed by atoms with Crippen molar-refractivity contribution in [2.75, 3.05) is 18.8 Å². The molecule has 1 fully saturated rings. The second-order valence-corrected chi connectivity index (χ2v) is 20.3. The number of amides is 1. The second-order valence-electron chi connectivity index (χ2n) is 14.8. The maximum Gasteiger partial charge on any atom is 0.410 e. The van der Waals surface area contributed by atoms with E-state index in [0.717, 1.165) is 40.8 Å². The van der Waals surface area contributed by atoms with Crippen molar-refractivity contribution in [2.24, 2.45) is 0 Å². The highest BCUT2D eigenvalue weighted by Crippen LogP contribution is 2.41. The molecule has 0 saturated carbocycles. The van der Waals surface area contributed by atoms with Gasteiger partial charge in [0.15, 0.2) is 5.65 Å². The van der Waals surface area contributed by atoms with Gasteiger partial charge in [-0.05, 0) is 92.7 Å². The van der Waals surface area contributed by atoms with Crippen LogP contribution in [0.2, 0.25) is 16.6 Å². The Morgan fingerprint density at radius 3 is 2.19 bits per heavy atom. The Bertz CT molecular complexity index is 1780. The maximum absolute atomic E-state index is 12.6. The Hall–Kier alpha value is -4.36.